The summed E-state index contributed by atoms with van der Waals surface area (Å²) < 4.78 is 11.1. The number of benzene rings is 2. The fourth-order valence-corrected chi connectivity index (χ4v) is 4.11. The quantitative estimate of drug-likeness (QED) is 0.661. The SMILES string of the molecule is Cc1ccc2c(CC(=O)NCC(c3ccccc3Cl)N3CCOCC3)coc2c1. The summed E-state index contributed by atoms with van der Waals surface area (Å²) in [6.45, 7) is 5.53. The largest absolute Gasteiger partial charge is 0.464 e. The summed E-state index contributed by atoms with van der Waals surface area (Å²) in [6, 6.07) is 13.9. The number of hydrogen-bond donors (Lipinski definition) is 1. The number of nitrogens with one attached hydrogen (secondary N) is 1. The molecular weight excluding hydrogens is 388 g/mol. The van der Waals surface area contributed by atoms with E-state index in [0.29, 0.717) is 19.8 Å². The summed E-state index contributed by atoms with van der Waals surface area (Å²) in [5, 5.41) is 4.80. The van der Waals surface area contributed by atoms with Gasteiger partial charge in [0.05, 0.1) is 31.9 Å². The summed E-state index contributed by atoms with van der Waals surface area (Å²) in [4.78, 5) is 15.0. The van der Waals surface area contributed by atoms with E-state index in [9.17, 15) is 4.79 Å². The first kappa shape index (κ1) is 20.0. The predicted molar refractivity (Wildman–Crippen MR) is 114 cm³/mol. The van der Waals surface area contributed by atoms with Crippen LogP contribution in [0, 0.1) is 6.92 Å². The molecule has 1 atom stereocenters. The number of nitrogens with zero attached hydrogens (tertiary/aromatic N) is 1. The Labute approximate surface area is 175 Å². The number of fused-ring (bicyclic) bond motifs is 1. The van der Waals surface area contributed by atoms with Gasteiger partial charge in [-0.1, -0.05) is 41.9 Å². The van der Waals surface area contributed by atoms with Crippen LogP contribution in [0.15, 0.2) is 53.1 Å². The molecule has 1 aromatic heterocycles. The Kier molecular flexibility index (Phi) is 6.19. The monoisotopic (exact) mass is 412 g/mol. The van der Waals surface area contributed by atoms with E-state index in [0.717, 1.165) is 45.8 Å². The highest BCUT2D eigenvalue weighted by molar-refractivity contribution is 6.31. The molecule has 0 radical (unpaired) electrons. The Bertz CT molecular complexity index is 995. The standard InChI is InChI=1S/C23H25ClN2O3/c1-16-6-7-18-17(15-29-22(18)12-16)13-23(27)25-14-21(26-8-10-28-11-9-26)19-4-2-3-5-20(19)24/h2-7,12,15,21H,8-11,13-14H2,1H3,(H,25,27). The van der Waals surface area contributed by atoms with Crippen LogP contribution in [0.2, 0.25) is 5.02 Å². The van der Waals surface area contributed by atoms with Crippen molar-refractivity contribution in [2.45, 2.75) is 19.4 Å². The number of morpholine rings is 1. The van der Waals surface area contributed by atoms with Gasteiger partial charge in [0.15, 0.2) is 0 Å². The Balaban J connectivity index is 1.46. The highest BCUT2D eigenvalue weighted by Gasteiger charge is 2.25. The predicted octanol–water partition coefficient (Wildman–Crippen LogP) is 4.13. The molecule has 2 heterocycles. The highest BCUT2D eigenvalue weighted by Crippen LogP contribution is 2.28. The van der Waals surface area contributed by atoms with Crippen molar-refractivity contribution in [1.29, 1.82) is 0 Å². The minimum atomic E-state index is -0.0291. The lowest BCUT2D eigenvalue weighted by atomic mass is 10.0. The number of ether oxygens (including phenoxy) is 1. The van der Waals surface area contributed by atoms with Crippen molar-refractivity contribution in [1.82, 2.24) is 10.2 Å². The summed E-state index contributed by atoms with van der Waals surface area (Å²) in [5.74, 6) is -0.0291. The molecule has 1 aliphatic heterocycles. The molecule has 29 heavy (non-hydrogen) atoms. The van der Waals surface area contributed by atoms with Crippen molar-refractivity contribution in [3.05, 3.63) is 70.4 Å². The number of hydrogen-bond acceptors (Lipinski definition) is 4. The lowest BCUT2D eigenvalue weighted by molar-refractivity contribution is -0.120. The molecule has 0 spiro atoms. The van der Waals surface area contributed by atoms with Crippen LogP contribution in [0.4, 0.5) is 0 Å². The molecule has 1 aliphatic rings. The summed E-state index contributed by atoms with van der Waals surface area (Å²) in [6.07, 6.45) is 1.96. The van der Waals surface area contributed by atoms with Crippen LogP contribution < -0.4 is 5.32 Å². The minimum absolute atomic E-state index is 0.0142. The van der Waals surface area contributed by atoms with Crippen molar-refractivity contribution >= 4 is 28.5 Å². The van der Waals surface area contributed by atoms with Gasteiger partial charge in [0.1, 0.15) is 5.58 Å². The number of halogens is 1. The van der Waals surface area contributed by atoms with Crippen LogP contribution in [-0.4, -0.2) is 43.7 Å². The van der Waals surface area contributed by atoms with E-state index >= 15 is 0 Å². The van der Waals surface area contributed by atoms with Crippen LogP contribution in [0.3, 0.4) is 0 Å². The third-order valence-electron chi connectivity index (χ3n) is 5.41. The molecule has 1 N–H and O–H groups in total. The highest BCUT2D eigenvalue weighted by atomic mass is 35.5. The third kappa shape index (κ3) is 4.64. The molecule has 152 valence electrons. The summed E-state index contributed by atoms with van der Waals surface area (Å²) in [5.41, 5.74) is 3.88. The second-order valence-corrected chi connectivity index (χ2v) is 7.83. The molecule has 1 amide bonds. The molecule has 0 bridgehead atoms. The van der Waals surface area contributed by atoms with E-state index in [-0.39, 0.29) is 18.4 Å². The van der Waals surface area contributed by atoms with Gasteiger partial charge in [-0.3, -0.25) is 9.69 Å². The van der Waals surface area contributed by atoms with Crippen molar-refractivity contribution in [3.8, 4) is 0 Å². The van der Waals surface area contributed by atoms with E-state index in [2.05, 4.69) is 10.2 Å². The Morgan fingerprint density at radius 3 is 2.79 bits per heavy atom. The molecule has 0 saturated carbocycles. The molecule has 0 aliphatic carbocycles. The summed E-state index contributed by atoms with van der Waals surface area (Å²) in [7, 11) is 0. The zero-order valence-electron chi connectivity index (χ0n) is 16.5. The van der Waals surface area contributed by atoms with Crippen molar-refractivity contribution in [3.63, 3.8) is 0 Å². The maximum Gasteiger partial charge on any atom is 0.224 e. The van der Waals surface area contributed by atoms with Gasteiger partial charge in [0, 0.05) is 35.6 Å². The van der Waals surface area contributed by atoms with E-state index < -0.39 is 0 Å². The van der Waals surface area contributed by atoms with Crippen LogP contribution in [-0.2, 0) is 16.0 Å². The Morgan fingerprint density at radius 1 is 1.21 bits per heavy atom. The lowest BCUT2D eigenvalue weighted by Crippen LogP contribution is -2.44. The zero-order valence-corrected chi connectivity index (χ0v) is 17.2. The van der Waals surface area contributed by atoms with E-state index in [1.54, 1.807) is 6.26 Å². The fraction of sp³-hybridized carbons (Fsp3) is 0.348. The Hall–Kier alpha value is -2.34. The average Bonchev–Trinajstić information content (AvgIpc) is 3.12. The number of amides is 1. The second-order valence-electron chi connectivity index (χ2n) is 7.43. The van der Waals surface area contributed by atoms with Crippen LogP contribution in [0.1, 0.15) is 22.7 Å². The zero-order chi connectivity index (χ0) is 20.2. The molecule has 2 aromatic carbocycles. The van der Waals surface area contributed by atoms with Gasteiger partial charge in [-0.2, -0.15) is 0 Å². The first-order chi connectivity index (χ1) is 14.1. The van der Waals surface area contributed by atoms with Crippen molar-refractivity contribution < 1.29 is 13.9 Å². The lowest BCUT2D eigenvalue weighted by Gasteiger charge is -2.35. The molecule has 6 heteroatoms. The van der Waals surface area contributed by atoms with E-state index in [1.165, 1.54) is 0 Å². The van der Waals surface area contributed by atoms with Gasteiger partial charge >= 0.3 is 0 Å². The maximum absolute atomic E-state index is 12.7. The maximum atomic E-state index is 12.7. The van der Waals surface area contributed by atoms with Crippen LogP contribution in [0.25, 0.3) is 11.0 Å². The first-order valence-corrected chi connectivity index (χ1v) is 10.3. The number of aryl methyl sites for hydroxylation is 1. The smallest absolute Gasteiger partial charge is 0.224 e. The fourth-order valence-electron chi connectivity index (χ4n) is 3.84. The van der Waals surface area contributed by atoms with Gasteiger partial charge in [0.2, 0.25) is 5.91 Å². The van der Waals surface area contributed by atoms with Crippen molar-refractivity contribution in [2.75, 3.05) is 32.8 Å². The normalized spacial score (nSPS) is 16.1. The molecule has 4 rings (SSSR count). The topological polar surface area (TPSA) is 54.7 Å². The van der Waals surface area contributed by atoms with Crippen LogP contribution in [0.5, 0.6) is 0 Å². The van der Waals surface area contributed by atoms with Gasteiger partial charge in [-0.25, -0.2) is 0 Å². The van der Waals surface area contributed by atoms with E-state index in [1.807, 2.05) is 49.4 Å². The molecule has 3 aromatic rings. The average molecular weight is 413 g/mol. The van der Waals surface area contributed by atoms with Gasteiger partial charge in [-0.05, 0) is 30.2 Å². The number of carbonyl (C=O) groups excluding carboxylic acids is 1. The van der Waals surface area contributed by atoms with Crippen LogP contribution >= 0.6 is 11.6 Å². The molecular formula is C23H25ClN2O3. The van der Waals surface area contributed by atoms with E-state index in [4.69, 9.17) is 20.8 Å². The van der Waals surface area contributed by atoms with Gasteiger partial charge in [-0.15, -0.1) is 0 Å². The van der Waals surface area contributed by atoms with Crippen molar-refractivity contribution in [2.24, 2.45) is 0 Å². The molecule has 5 nitrogen and oxygen atoms in total. The second kappa shape index (κ2) is 8.99. The summed E-state index contributed by atoms with van der Waals surface area (Å²) >= 11 is 6.46. The first-order valence-electron chi connectivity index (χ1n) is 9.91. The number of carbonyl (C=O) groups is 1. The minimum Gasteiger partial charge on any atom is -0.464 e. The van der Waals surface area contributed by atoms with Gasteiger partial charge in [0.25, 0.3) is 0 Å². The number of furan rings is 1. The molecule has 1 saturated heterocycles. The number of rotatable bonds is 6. The Morgan fingerprint density at radius 2 is 2.00 bits per heavy atom. The molecule has 1 unspecified atom stereocenters. The molecule has 1 fully saturated rings. The van der Waals surface area contributed by atoms with Gasteiger partial charge < -0.3 is 14.5 Å². The third-order valence-corrected chi connectivity index (χ3v) is 5.75.